The van der Waals surface area contributed by atoms with Crippen molar-refractivity contribution in [3.8, 4) is 0 Å². The zero-order valence-electron chi connectivity index (χ0n) is 15.3. The van der Waals surface area contributed by atoms with Gasteiger partial charge in [-0.05, 0) is 18.1 Å². The number of rotatable bonds is 5. The third-order valence-electron chi connectivity index (χ3n) is 5.33. The first-order valence-corrected chi connectivity index (χ1v) is 10.8. The first-order chi connectivity index (χ1) is 12.4. The Balaban J connectivity index is 1.68. The summed E-state index contributed by atoms with van der Waals surface area (Å²) < 4.78 is 29.5. The normalized spacial score (nSPS) is 25.1. The van der Waals surface area contributed by atoms with Crippen LogP contribution in [0.3, 0.4) is 0 Å². The second-order valence-electron chi connectivity index (χ2n) is 7.02. The van der Waals surface area contributed by atoms with E-state index in [4.69, 9.17) is 4.74 Å². The van der Waals surface area contributed by atoms with Crippen LogP contribution in [0.5, 0.6) is 0 Å². The summed E-state index contributed by atoms with van der Waals surface area (Å²) in [5.41, 5.74) is 2.19. The molecule has 0 unspecified atom stereocenters. The van der Waals surface area contributed by atoms with Crippen molar-refractivity contribution < 1.29 is 17.9 Å². The molecule has 2 aliphatic heterocycles. The Kier molecular flexibility index (Phi) is 5.84. The van der Waals surface area contributed by atoms with E-state index in [9.17, 15) is 13.2 Å². The molecule has 1 aromatic carbocycles. The number of carbonyl (C=O) groups excluding carboxylic acids is 1. The molecule has 8 heteroatoms. The van der Waals surface area contributed by atoms with Crippen molar-refractivity contribution in [3.05, 3.63) is 35.4 Å². The predicted molar refractivity (Wildman–Crippen MR) is 99.8 cm³/mol. The summed E-state index contributed by atoms with van der Waals surface area (Å²) in [6.45, 7) is 4.89. The van der Waals surface area contributed by atoms with Gasteiger partial charge >= 0.3 is 6.03 Å². The van der Waals surface area contributed by atoms with Gasteiger partial charge in [-0.3, -0.25) is 4.90 Å². The highest BCUT2D eigenvalue weighted by Gasteiger charge is 2.47. The first kappa shape index (κ1) is 19.1. The van der Waals surface area contributed by atoms with Crippen molar-refractivity contribution in [1.29, 1.82) is 0 Å². The molecule has 2 fully saturated rings. The highest BCUT2D eigenvalue weighted by molar-refractivity contribution is 7.91. The number of methoxy groups -OCH3 is 1. The van der Waals surface area contributed by atoms with E-state index in [0.717, 1.165) is 11.1 Å². The number of hydrogen-bond acceptors (Lipinski definition) is 5. The largest absolute Gasteiger partial charge is 0.383 e. The van der Waals surface area contributed by atoms with Crippen LogP contribution in [0.25, 0.3) is 0 Å². The fourth-order valence-electron chi connectivity index (χ4n) is 3.84. The lowest BCUT2D eigenvalue weighted by Crippen LogP contribution is -2.62. The van der Waals surface area contributed by atoms with E-state index in [1.54, 1.807) is 12.0 Å². The second kappa shape index (κ2) is 7.94. The quantitative estimate of drug-likeness (QED) is 0.810. The number of urea groups is 1. The number of piperazine rings is 1. The van der Waals surface area contributed by atoms with Crippen molar-refractivity contribution in [3.63, 3.8) is 0 Å². The van der Waals surface area contributed by atoms with Crippen molar-refractivity contribution in [2.24, 2.45) is 0 Å². The summed E-state index contributed by atoms with van der Waals surface area (Å²) >= 11 is 0. The number of nitrogens with one attached hydrogen (secondary N) is 1. The Hall–Kier alpha value is -1.64. The minimum atomic E-state index is -3.13. The molecule has 3 rings (SSSR count). The zero-order valence-corrected chi connectivity index (χ0v) is 16.2. The molecule has 0 bridgehead atoms. The van der Waals surface area contributed by atoms with E-state index in [2.05, 4.69) is 10.2 Å². The van der Waals surface area contributed by atoms with Gasteiger partial charge in [0.1, 0.15) is 0 Å². The molecule has 2 aliphatic rings. The van der Waals surface area contributed by atoms with Gasteiger partial charge in [-0.25, -0.2) is 13.2 Å². The molecule has 1 aromatic rings. The van der Waals surface area contributed by atoms with Gasteiger partial charge in [0.05, 0.1) is 24.2 Å². The molecule has 1 N–H and O–H groups in total. The Labute approximate surface area is 155 Å². The molecule has 2 heterocycles. The lowest BCUT2D eigenvalue weighted by Gasteiger charge is -2.43. The van der Waals surface area contributed by atoms with Gasteiger partial charge in [0.25, 0.3) is 0 Å². The lowest BCUT2D eigenvalue weighted by molar-refractivity contribution is 0.0465. The lowest BCUT2D eigenvalue weighted by atomic mass is 10.1. The highest BCUT2D eigenvalue weighted by Crippen LogP contribution is 2.27. The van der Waals surface area contributed by atoms with Gasteiger partial charge < -0.3 is 15.0 Å². The minimum absolute atomic E-state index is 0.0406. The number of aryl methyl sites for hydroxylation is 1. The maximum atomic E-state index is 12.7. The van der Waals surface area contributed by atoms with Gasteiger partial charge in [0.15, 0.2) is 9.84 Å². The number of ether oxygens (including phenoxy) is 1. The minimum Gasteiger partial charge on any atom is -0.383 e. The number of amides is 2. The molecule has 0 spiro atoms. The van der Waals surface area contributed by atoms with Crippen LogP contribution in [0.2, 0.25) is 0 Å². The van der Waals surface area contributed by atoms with Crippen LogP contribution in [0.4, 0.5) is 4.79 Å². The standard InChI is InChI=1S/C18H27N3O4S/c1-14-5-3-4-6-15(14)11-19-18(22)21-8-7-20(9-10-25-2)16-12-26(23,24)13-17(16)21/h3-6,16-17H,7-13H2,1-2H3,(H,19,22)/t16-,17+/m1/s1. The topological polar surface area (TPSA) is 79.0 Å². The van der Waals surface area contributed by atoms with Crippen LogP contribution in [-0.4, -0.2) is 81.2 Å². The SMILES string of the molecule is COCCN1CCN(C(=O)NCc2ccccc2C)[C@H]2CS(=O)(=O)C[C@H]21. The Morgan fingerprint density at radius 3 is 2.69 bits per heavy atom. The van der Waals surface area contributed by atoms with Gasteiger partial charge in [0, 0.05) is 39.3 Å². The molecule has 0 saturated carbocycles. The average molecular weight is 381 g/mol. The molecule has 2 atom stereocenters. The summed E-state index contributed by atoms with van der Waals surface area (Å²) in [6, 6.07) is 7.29. The molecule has 0 aromatic heterocycles. The van der Waals surface area contributed by atoms with Gasteiger partial charge in [0.2, 0.25) is 0 Å². The highest BCUT2D eigenvalue weighted by atomic mass is 32.2. The summed E-state index contributed by atoms with van der Waals surface area (Å²) in [6.07, 6.45) is 0. The van der Waals surface area contributed by atoms with Crippen molar-refractivity contribution in [2.45, 2.75) is 25.6 Å². The Morgan fingerprint density at radius 1 is 1.23 bits per heavy atom. The van der Waals surface area contributed by atoms with Crippen LogP contribution in [0.15, 0.2) is 24.3 Å². The molecule has 2 saturated heterocycles. The molecular formula is C18H27N3O4S. The molecule has 7 nitrogen and oxygen atoms in total. The third-order valence-corrected chi connectivity index (χ3v) is 7.02. The van der Waals surface area contributed by atoms with Crippen molar-refractivity contribution >= 4 is 15.9 Å². The molecule has 0 aliphatic carbocycles. The smallest absolute Gasteiger partial charge is 0.318 e. The monoisotopic (exact) mass is 381 g/mol. The van der Waals surface area contributed by atoms with Gasteiger partial charge in [-0.1, -0.05) is 24.3 Å². The fraction of sp³-hybridized carbons (Fsp3) is 0.611. The van der Waals surface area contributed by atoms with Crippen molar-refractivity contribution in [2.75, 3.05) is 44.9 Å². The van der Waals surface area contributed by atoms with E-state index >= 15 is 0 Å². The molecule has 2 amide bonds. The fourth-order valence-corrected chi connectivity index (χ4v) is 5.86. The molecular weight excluding hydrogens is 354 g/mol. The van der Waals surface area contributed by atoms with E-state index in [0.29, 0.717) is 32.8 Å². The molecule has 26 heavy (non-hydrogen) atoms. The number of benzene rings is 1. The number of hydrogen-bond donors (Lipinski definition) is 1. The molecule has 144 valence electrons. The van der Waals surface area contributed by atoms with E-state index in [1.807, 2.05) is 31.2 Å². The predicted octanol–water partition coefficient (Wildman–Crippen LogP) is 0.634. The maximum Gasteiger partial charge on any atom is 0.318 e. The first-order valence-electron chi connectivity index (χ1n) is 8.93. The van der Waals surface area contributed by atoms with Gasteiger partial charge in [-0.2, -0.15) is 0 Å². The number of sulfone groups is 1. The second-order valence-corrected chi connectivity index (χ2v) is 9.17. The Bertz CT molecular complexity index is 753. The summed E-state index contributed by atoms with van der Waals surface area (Å²) in [7, 11) is -1.49. The summed E-state index contributed by atoms with van der Waals surface area (Å²) in [4.78, 5) is 16.6. The van der Waals surface area contributed by atoms with E-state index < -0.39 is 9.84 Å². The molecule has 0 radical (unpaired) electrons. The summed E-state index contributed by atoms with van der Waals surface area (Å²) in [5, 5.41) is 2.96. The van der Waals surface area contributed by atoms with Crippen LogP contribution < -0.4 is 5.32 Å². The maximum absolute atomic E-state index is 12.7. The van der Waals surface area contributed by atoms with E-state index in [1.165, 1.54) is 0 Å². The van der Waals surface area contributed by atoms with Crippen LogP contribution >= 0.6 is 0 Å². The average Bonchev–Trinajstić information content (AvgIpc) is 2.93. The Morgan fingerprint density at radius 2 is 1.96 bits per heavy atom. The van der Waals surface area contributed by atoms with E-state index in [-0.39, 0.29) is 29.6 Å². The number of fused-ring (bicyclic) bond motifs is 1. The number of carbonyl (C=O) groups is 1. The third kappa shape index (κ3) is 4.19. The summed E-state index contributed by atoms with van der Waals surface area (Å²) in [5.74, 6) is 0.155. The van der Waals surface area contributed by atoms with Crippen LogP contribution in [-0.2, 0) is 21.1 Å². The zero-order chi connectivity index (χ0) is 18.7. The number of nitrogens with zero attached hydrogens (tertiary/aromatic N) is 2. The van der Waals surface area contributed by atoms with Crippen LogP contribution in [0.1, 0.15) is 11.1 Å². The van der Waals surface area contributed by atoms with Crippen molar-refractivity contribution in [1.82, 2.24) is 15.1 Å². The van der Waals surface area contributed by atoms with Crippen LogP contribution in [0, 0.1) is 6.92 Å². The van der Waals surface area contributed by atoms with Gasteiger partial charge in [-0.15, -0.1) is 0 Å².